The fraction of sp³-hybridized carbons (Fsp3) is 0.476. The molecule has 156 valence electrons. The Morgan fingerprint density at radius 3 is 2.79 bits per heavy atom. The van der Waals surface area contributed by atoms with Crippen LogP contribution in [0.3, 0.4) is 0 Å². The van der Waals surface area contributed by atoms with Crippen molar-refractivity contribution >= 4 is 29.5 Å². The van der Waals surface area contributed by atoms with Crippen molar-refractivity contribution in [2.24, 2.45) is 0 Å². The van der Waals surface area contributed by atoms with Crippen molar-refractivity contribution in [1.29, 1.82) is 0 Å². The summed E-state index contributed by atoms with van der Waals surface area (Å²) in [6.07, 6.45) is 8.20. The molecule has 2 aromatic rings. The van der Waals surface area contributed by atoms with Gasteiger partial charge in [-0.25, -0.2) is 0 Å². The number of nitrogens with one attached hydrogen (secondary N) is 1. The standard InChI is InChI=1S/C21H27ClN4O3/c1-3-4-11-26-20(22)17(15(2)24-26)7-8-19(27)23-16-9-12-25(13-10-16)21(28)18-6-5-14-29-18/h5-8,14,16H,3-4,9-13H2,1-2H3,(H,23,27)/b8-7+. The van der Waals surface area contributed by atoms with Crippen LogP contribution in [0.5, 0.6) is 0 Å². The second-order valence-corrected chi connectivity index (χ2v) is 7.61. The van der Waals surface area contributed by atoms with Crippen LogP contribution in [0.15, 0.2) is 28.9 Å². The maximum absolute atomic E-state index is 12.3. The molecule has 1 aliphatic heterocycles. The molecular weight excluding hydrogens is 392 g/mol. The fourth-order valence-corrected chi connectivity index (χ4v) is 3.73. The minimum atomic E-state index is -0.169. The van der Waals surface area contributed by atoms with E-state index in [1.54, 1.807) is 27.8 Å². The molecule has 0 atom stereocenters. The summed E-state index contributed by atoms with van der Waals surface area (Å²) in [6, 6.07) is 3.41. The van der Waals surface area contributed by atoms with Crippen LogP contribution < -0.4 is 5.32 Å². The third kappa shape index (κ3) is 5.29. The number of rotatable bonds is 7. The van der Waals surface area contributed by atoms with Gasteiger partial charge in [0.15, 0.2) is 5.76 Å². The van der Waals surface area contributed by atoms with Crippen molar-refractivity contribution in [3.8, 4) is 0 Å². The lowest BCUT2D eigenvalue weighted by Gasteiger charge is -2.31. The molecule has 7 nitrogen and oxygen atoms in total. The van der Waals surface area contributed by atoms with Gasteiger partial charge in [-0.15, -0.1) is 0 Å². The molecule has 2 amide bonds. The monoisotopic (exact) mass is 418 g/mol. The van der Waals surface area contributed by atoms with Crippen LogP contribution in [-0.2, 0) is 11.3 Å². The first kappa shape index (κ1) is 21.2. The van der Waals surface area contributed by atoms with Crippen LogP contribution in [0.25, 0.3) is 6.08 Å². The van der Waals surface area contributed by atoms with E-state index < -0.39 is 0 Å². The number of aromatic nitrogens is 2. The maximum Gasteiger partial charge on any atom is 0.289 e. The number of furan rings is 1. The Morgan fingerprint density at radius 1 is 1.38 bits per heavy atom. The third-order valence-electron chi connectivity index (χ3n) is 5.09. The second-order valence-electron chi connectivity index (χ2n) is 7.25. The summed E-state index contributed by atoms with van der Waals surface area (Å²) < 4.78 is 6.95. The summed E-state index contributed by atoms with van der Waals surface area (Å²) in [5.41, 5.74) is 1.58. The van der Waals surface area contributed by atoms with Crippen LogP contribution >= 0.6 is 11.6 Å². The molecule has 8 heteroatoms. The highest BCUT2D eigenvalue weighted by atomic mass is 35.5. The Balaban J connectivity index is 1.50. The van der Waals surface area contributed by atoms with E-state index in [4.69, 9.17) is 16.0 Å². The summed E-state index contributed by atoms with van der Waals surface area (Å²) in [5, 5.41) is 8.01. The predicted molar refractivity (Wildman–Crippen MR) is 112 cm³/mol. The van der Waals surface area contributed by atoms with E-state index in [2.05, 4.69) is 17.3 Å². The molecule has 1 aliphatic rings. The maximum atomic E-state index is 12.3. The molecule has 1 fully saturated rings. The number of nitrogens with zero attached hydrogens (tertiary/aromatic N) is 3. The zero-order chi connectivity index (χ0) is 20.8. The van der Waals surface area contributed by atoms with Gasteiger partial charge >= 0.3 is 0 Å². The van der Waals surface area contributed by atoms with Crippen LogP contribution in [0, 0.1) is 6.92 Å². The van der Waals surface area contributed by atoms with Gasteiger partial charge in [0.1, 0.15) is 5.15 Å². The molecule has 3 rings (SSSR count). The van der Waals surface area contributed by atoms with Gasteiger partial charge in [-0.3, -0.25) is 14.3 Å². The van der Waals surface area contributed by atoms with Crippen LogP contribution in [0.4, 0.5) is 0 Å². The van der Waals surface area contributed by atoms with Crippen LogP contribution in [-0.4, -0.2) is 45.6 Å². The SMILES string of the molecule is CCCCn1nc(C)c(/C=C/C(=O)NC2CCN(C(=O)c3ccco3)CC2)c1Cl. The number of unbranched alkanes of at least 4 members (excludes halogenated alkanes) is 1. The van der Waals surface area contributed by atoms with Crippen molar-refractivity contribution in [3.63, 3.8) is 0 Å². The van der Waals surface area contributed by atoms with Gasteiger partial charge in [-0.2, -0.15) is 5.10 Å². The lowest BCUT2D eigenvalue weighted by molar-refractivity contribution is -0.117. The first-order valence-corrected chi connectivity index (χ1v) is 10.4. The van der Waals surface area contributed by atoms with E-state index in [9.17, 15) is 9.59 Å². The number of carbonyl (C=O) groups is 2. The first-order chi connectivity index (χ1) is 14.0. The number of hydrogen-bond donors (Lipinski definition) is 1. The molecule has 1 N–H and O–H groups in total. The lowest BCUT2D eigenvalue weighted by Crippen LogP contribution is -2.46. The zero-order valence-electron chi connectivity index (χ0n) is 16.9. The number of hydrogen-bond acceptors (Lipinski definition) is 4. The second kappa shape index (κ2) is 9.78. The first-order valence-electron chi connectivity index (χ1n) is 10.0. The minimum absolute atomic E-state index is 0.0386. The zero-order valence-corrected chi connectivity index (χ0v) is 17.6. The van der Waals surface area contributed by atoms with Crippen molar-refractivity contribution in [2.45, 2.75) is 52.1 Å². The molecule has 1 saturated heterocycles. The summed E-state index contributed by atoms with van der Waals surface area (Å²) in [6.45, 7) is 5.95. The highest BCUT2D eigenvalue weighted by Crippen LogP contribution is 2.22. The highest BCUT2D eigenvalue weighted by molar-refractivity contribution is 6.31. The lowest BCUT2D eigenvalue weighted by atomic mass is 10.0. The average Bonchev–Trinajstić information content (AvgIpc) is 3.34. The molecule has 0 radical (unpaired) electrons. The topological polar surface area (TPSA) is 80.4 Å². The Morgan fingerprint density at radius 2 is 2.14 bits per heavy atom. The number of likely N-dealkylation sites (tertiary alicyclic amines) is 1. The Hall–Kier alpha value is -2.54. The van der Waals surface area contributed by atoms with Crippen molar-refractivity contribution in [3.05, 3.63) is 46.6 Å². The summed E-state index contributed by atoms with van der Waals surface area (Å²) >= 11 is 6.40. The number of carbonyl (C=O) groups excluding carboxylic acids is 2. The smallest absolute Gasteiger partial charge is 0.289 e. The predicted octanol–water partition coefficient (Wildman–Crippen LogP) is 3.67. The molecule has 0 aromatic carbocycles. The van der Waals surface area contributed by atoms with E-state index >= 15 is 0 Å². The van der Waals surface area contributed by atoms with Crippen molar-refractivity contribution in [1.82, 2.24) is 20.0 Å². The normalized spacial score (nSPS) is 15.2. The van der Waals surface area contributed by atoms with Gasteiger partial charge in [0.05, 0.1) is 12.0 Å². The van der Waals surface area contributed by atoms with Gasteiger partial charge in [0.25, 0.3) is 5.91 Å². The Labute approximate surface area is 175 Å². The fourth-order valence-electron chi connectivity index (χ4n) is 3.40. The van der Waals surface area contributed by atoms with E-state index in [-0.39, 0.29) is 17.9 Å². The van der Waals surface area contributed by atoms with Gasteiger partial charge in [0.2, 0.25) is 5.91 Å². The van der Waals surface area contributed by atoms with Gasteiger partial charge in [-0.05, 0) is 44.4 Å². The Bertz CT molecular complexity index is 865. The molecule has 2 aromatic heterocycles. The highest BCUT2D eigenvalue weighted by Gasteiger charge is 2.25. The van der Waals surface area contributed by atoms with Crippen molar-refractivity contribution < 1.29 is 14.0 Å². The summed E-state index contributed by atoms with van der Waals surface area (Å²) in [4.78, 5) is 26.4. The molecule has 29 heavy (non-hydrogen) atoms. The van der Waals surface area contributed by atoms with Gasteiger partial charge in [0, 0.05) is 37.3 Å². The summed E-state index contributed by atoms with van der Waals surface area (Å²) in [7, 11) is 0. The molecule has 0 bridgehead atoms. The number of amides is 2. The van der Waals surface area contributed by atoms with Crippen LogP contribution in [0.1, 0.15) is 54.4 Å². The quantitative estimate of drug-likeness (QED) is 0.695. The molecule has 0 spiro atoms. The van der Waals surface area contributed by atoms with E-state index in [1.165, 1.54) is 12.3 Å². The number of piperidine rings is 1. The van der Waals surface area contributed by atoms with Gasteiger partial charge < -0.3 is 14.6 Å². The van der Waals surface area contributed by atoms with E-state index in [1.807, 2.05) is 6.92 Å². The van der Waals surface area contributed by atoms with Gasteiger partial charge in [-0.1, -0.05) is 24.9 Å². The number of aryl methyl sites for hydroxylation is 2. The molecule has 0 unspecified atom stereocenters. The average molecular weight is 419 g/mol. The number of halogens is 1. The molecule has 0 saturated carbocycles. The van der Waals surface area contributed by atoms with Crippen LogP contribution in [0.2, 0.25) is 5.15 Å². The molecule has 3 heterocycles. The molecular formula is C21H27ClN4O3. The largest absolute Gasteiger partial charge is 0.459 e. The third-order valence-corrected chi connectivity index (χ3v) is 5.49. The summed E-state index contributed by atoms with van der Waals surface area (Å²) in [5.74, 6) is 0.0737. The van der Waals surface area contributed by atoms with E-state index in [0.717, 1.165) is 30.6 Å². The van der Waals surface area contributed by atoms with E-state index in [0.29, 0.717) is 36.8 Å². The minimum Gasteiger partial charge on any atom is -0.459 e. The molecule has 0 aliphatic carbocycles. The van der Waals surface area contributed by atoms with Crippen molar-refractivity contribution in [2.75, 3.05) is 13.1 Å². The Kier molecular flexibility index (Phi) is 7.14.